The molecule has 1 aliphatic rings. The number of ether oxygens (including phenoxy) is 1. The van der Waals surface area contributed by atoms with Gasteiger partial charge < -0.3 is 10.1 Å². The molecule has 2 aromatic carbocycles. The third kappa shape index (κ3) is 5.76. The van der Waals surface area contributed by atoms with E-state index in [4.69, 9.17) is 4.74 Å². The second-order valence-electron chi connectivity index (χ2n) is 7.69. The van der Waals surface area contributed by atoms with Crippen LogP contribution in [0, 0.1) is 6.92 Å². The number of carbonyl (C=O) groups excluding carboxylic acids is 2. The minimum Gasteiger partial charge on any atom is -0.376 e. The van der Waals surface area contributed by atoms with Gasteiger partial charge in [-0.3, -0.25) is 19.6 Å². The van der Waals surface area contributed by atoms with Crippen molar-refractivity contribution < 1.29 is 22.7 Å². The van der Waals surface area contributed by atoms with Crippen molar-refractivity contribution in [3.63, 3.8) is 0 Å². The van der Waals surface area contributed by atoms with Gasteiger partial charge >= 0.3 is 0 Å². The number of nitrogens with zero attached hydrogens (tertiary/aromatic N) is 2. The number of nitrogens with one attached hydrogen (secondary N) is 3. The summed E-state index contributed by atoms with van der Waals surface area (Å²) in [6, 6.07) is 13.2. The van der Waals surface area contributed by atoms with Gasteiger partial charge in [-0.15, -0.1) is 10.2 Å². The van der Waals surface area contributed by atoms with Crippen LogP contribution in [-0.4, -0.2) is 49.7 Å². The molecule has 4 rings (SSSR count). The molecule has 3 N–H and O–H groups in total. The Labute approximate surface area is 200 Å². The van der Waals surface area contributed by atoms with E-state index in [1.807, 2.05) is 13.0 Å². The minimum atomic E-state index is -4.15. The zero-order chi connectivity index (χ0) is 24.1. The van der Waals surface area contributed by atoms with Crippen molar-refractivity contribution in [1.82, 2.24) is 15.5 Å². The van der Waals surface area contributed by atoms with Crippen LogP contribution >= 0.6 is 11.3 Å². The van der Waals surface area contributed by atoms with Gasteiger partial charge in [0.2, 0.25) is 5.13 Å². The Balaban J connectivity index is 1.45. The first-order valence-corrected chi connectivity index (χ1v) is 12.8. The summed E-state index contributed by atoms with van der Waals surface area (Å²) >= 11 is 0.706. The third-order valence-electron chi connectivity index (χ3n) is 5.07. The smallest absolute Gasteiger partial charge is 0.291 e. The quantitative estimate of drug-likeness (QED) is 0.403. The Morgan fingerprint density at radius 3 is 2.71 bits per heavy atom. The van der Waals surface area contributed by atoms with Crippen molar-refractivity contribution in [3.05, 3.63) is 65.2 Å². The molecule has 1 aliphatic heterocycles. The fourth-order valence-electron chi connectivity index (χ4n) is 3.39. The average Bonchev–Trinajstić information content (AvgIpc) is 3.50. The monoisotopic (exact) mass is 501 g/mol. The molecule has 1 unspecified atom stereocenters. The van der Waals surface area contributed by atoms with Crippen LogP contribution in [-0.2, 0) is 14.8 Å². The van der Waals surface area contributed by atoms with Gasteiger partial charge in [0.15, 0.2) is 0 Å². The van der Waals surface area contributed by atoms with Crippen LogP contribution in [0.25, 0.3) is 0 Å². The van der Waals surface area contributed by atoms with Crippen molar-refractivity contribution in [2.75, 3.05) is 23.2 Å². The Hall–Kier alpha value is -3.35. The van der Waals surface area contributed by atoms with Gasteiger partial charge in [-0.05, 0) is 44.0 Å². The maximum Gasteiger partial charge on any atom is 0.291 e. The molecule has 0 bridgehead atoms. The number of rotatable bonds is 8. The first-order chi connectivity index (χ1) is 16.3. The maximum absolute atomic E-state index is 12.9. The SMILES string of the molecule is Cc1cccc(C(=O)Nc2nnc(S(=O)(=O)Nc3ccccc3C(=O)NCC3CCCO3)s2)c1. The number of aryl methyl sites for hydroxylation is 1. The van der Waals surface area contributed by atoms with E-state index in [0.29, 0.717) is 30.1 Å². The van der Waals surface area contributed by atoms with Crippen LogP contribution < -0.4 is 15.4 Å². The molecule has 0 saturated carbocycles. The van der Waals surface area contributed by atoms with Crippen molar-refractivity contribution in [1.29, 1.82) is 0 Å². The van der Waals surface area contributed by atoms with Crippen molar-refractivity contribution in [2.24, 2.45) is 0 Å². The number of para-hydroxylation sites is 1. The molecule has 1 fully saturated rings. The molecule has 3 aromatic rings. The topological polar surface area (TPSA) is 139 Å². The highest BCUT2D eigenvalue weighted by molar-refractivity contribution is 7.94. The number of sulfonamides is 1. The Morgan fingerprint density at radius 1 is 1.12 bits per heavy atom. The highest BCUT2D eigenvalue weighted by atomic mass is 32.2. The molecule has 0 radical (unpaired) electrons. The summed E-state index contributed by atoms with van der Waals surface area (Å²) < 4.78 is 33.3. The van der Waals surface area contributed by atoms with Crippen LogP contribution in [0.5, 0.6) is 0 Å². The van der Waals surface area contributed by atoms with E-state index >= 15 is 0 Å². The van der Waals surface area contributed by atoms with Crippen LogP contribution in [0.2, 0.25) is 0 Å². The molecule has 0 aliphatic carbocycles. The largest absolute Gasteiger partial charge is 0.376 e. The average molecular weight is 502 g/mol. The van der Waals surface area contributed by atoms with E-state index in [1.165, 1.54) is 12.1 Å². The van der Waals surface area contributed by atoms with Gasteiger partial charge in [-0.25, -0.2) is 0 Å². The van der Waals surface area contributed by atoms with E-state index < -0.39 is 21.8 Å². The van der Waals surface area contributed by atoms with Crippen molar-refractivity contribution in [3.8, 4) is 0 Å². The Kier molecular flexibility index (Phi) is 7.20. The Bertz CT molecular complexity index is 1300. The number of aromatic nitrogens is 2. The maximum atomic E-state index is 12.9. The lowest BCUT2D eigenvalue weighted by Gasteiger charge is -2.13. The second kappa shape index (κ2) is 10.3. The van der Waals surface area contributed by atoms with Crippen LogP contribution in [0.3, 0.4) is 0 Å². The molecule has 0 spiro atoms. The van der Waals surface area contributed by atoms with Crippen molar-refractivity contribution >= 4 is 44.0 Å². The Morgan fingerprint density at radius 2 is 1.94 bits per heavy atom. The summed E-state index contributed by atoms with van der Waals surface area (Å²) in [5.74, 6) is -0.845. The van der Waals surface area contributed by atoms with Crippen LogP contribution in [0.15, 0.2) is 52.9 Å². The van der Waals surface area contributed by atoms with E-state index in [1.54, 1.807) is 30.3 Å². The van der Waals surface area contributed by atoms with Gasteiger partial charge in [0, 0.05) is 18.7 Å². The number of benzene rings is 2. The lowest BCUT2D eigenvalue weighted by atomic mass is 10.1. The summed E-state index contributed by atoms with van der Waals surface area (Å²) in [4.78, 5) is 25.1. The van der Waals surface area contributed by atoms with Gasteiger partial charge in [0.1, 0.15) is 0 Å². The summed E-state index contributed by atoms with van der Waals surface area (Å²) in [7, 11) is -4.15. The second-order valence-corrected chi connectivity index (χ2v) is 10.5. The number of hydrogen-bond donors (Lipinski definition) is 3. The highest BCUT2D eigenvalue weighted by Crippen LogP contribution is 2.25. The minimum absolute atomic E-state index is 0.0365. The fraction of sp³-hybridized carbons (Fsp3) is 0.273. The standard InChI is InChI=1S/C22H23N5O5S2/c1-14-6-4-7-15(12-14)19(28)24-21-25-26-22(33-21)34(30,31)27-18-10-3-2-9-17(18)20(29)23-13-16-8-5-11-32-16/h2-4,6-7,9-10,12,16,27H,5,8,11,13H2,1H3,(H,23,29)(H,24,25,28). The molecule has 1 saturated heterocycles. The number of anilines is 2. The van der Waals surface area contributed by atoms with E-state index in [9.17, 15) is 18.0 Å². The third-order valence-corrected chi connectivity index (χ3v) is 7.64. The van der Waals surface area contributed by atoms with Crippen LogP contribution in [0.4, 0.5) is 10.8 Å². The molecule has 12 heteroatoms. The van der Waals surface area contributed by atoms with Gasteiger partial charge in [-0.1, -0.05) is 41.2 Å². The first-order valence-electron chi connectivity index (χ1n) is 10.5. The zero-order valence-corrected chi connectivity index (χ0v) is 19.9. The molecule has 10 nitrogen and oxygen atoms in total. The molecule has 1 atom stereocenters. The summed E-state index contributed by atoms with van der Waals surface area (Å²) in [5.41, 5.74) is 1.60. The summed E-state index contributed by atoms with van der Waals surface area (Å²) in [6.07, 6.45) is 1.78. The van der Waals surface area contributed by atoms with E-state index in [2.05, 4.69) is 25.6 Å². The van der Waals surface area contributed by atoms with Gasteiger partial charge in [-0.2, -0.15) is 8.42 Å². The first kappa shape index (κ1) is 23.8. The summed E-state index contributed by atoms with van der Waals surface area (Å²) in [6.45, 7) is 2.88. The number of hydrogen-bond acceptors (Lipinski definition) is 8. The van der Waals surface area contributed by atoms with Crippen molar-refractivity contribution in [2.45, 2.75) is 30.2 Å². The summed E-state index contributed by atoms with van der Waals surface area (Å²) in [5, 5.41) is 12.8. The molecule has 178 valence electrons. The molecule has 34 heavy (non-hydrogen) atoms. The van der Waals surface area contributed by atoms with E-state index in [-0.39, 0.29) is 26.8 Å². The number of amides is 2. The molecule has 2 amide bonds. The molecular formula is C22H23N5O5S2. The lowest BCUT2D eigenvalue weighted by molar-refractivity contribution is 0.0858. The van der Waals surface area contributed by atoms with Crippen LogP contribution in [0.1, 0.15) is 39.1 Å². The molecule has 2 heterocycles. The molecule has 1 aromatic heterocycles. The highest BCUT2D eigenvalue weighted by Gasteiger charge is 2.24. The van der Waals surface area contributed by atoms with E-state index in [0.717, 1.165) is 18.4 Å². The predicted octanol–water partition coefficient (Wildman–Crippen LogP) is 2.81. The lowest BCUT2D eigenvalue weighted by Crippen LogP contribution is -2.32. The zero-order valence-electron chi connectivity index (χ0n) is 18.3. The molecular weight excluding hydrogens is 478 g/mol. The van der Waals surface area contributed by atoms with Gasteiger partial charge in [0.05, 0.1) is 17.4 Å². The number of carbonyl (C=O) groups is 2. The normalized spacial score (nSPS) is 15.6. The predicted molar refractivity (Wildman–Crippen MR) is 128 cm³/mol. The fourth-order valence-corrected chi connectivity index (χ4v) is 5.37. The van der Waals surface area contributed by atoms with Gasteiger partial charge in [0.25, 0.3) is 26.2 Å².